The summed E-state index contributed by atoms with van der Waals surface area (Å²) in [5.74, 6) is 0.310. The first kappa shape index (κ1) is 20.3. The first-order valence-corrected chi connectivity index (χ1v) is 11.0. The predicted molar refractivity (Wildman–Crippen MR) is 126 cm³/mol. The summed E-state index contributed by atoms with van der Waals surface area (Å²) in [5, 5.41) is 6.54. The fourth-order valence-electron chi connectivity index (χ4n) is 3.14. The van der Waals surface area contributed by atoms with E-state index < -0.39 is 0 Å². The average Bonchev–Trinajstić information content (AvgIpc) is 3.24. The molecule has 0 fully saturated rings. The van der Waals surface area contributed by atoms with E-state index in [1.807, 2.05) is 78.2 Å². The number of carbonyl (C=O) groups excluding carboxylic acids is 1. The van der Waals surface area contributed by atoms with E-state index in [0.717, 1.165) is 27.5 Å². The Labute approximate surface area is 185 Å². The highest BCUT2D eigenvalue weighted by Crippen LogP contribution is 2.33. The molecule has 1 N–H and O–H groups in total. The van der Waals surface area contributed by atoms with E-state index in [0.29, 0.717) is 16.5 Å². The molecule has 0 radical (unpaired) electrons. The van der Waals surface area contributed by atoms with Crippen LogP contribution < -0.4 is 5.32 Å². The van der Waals surface area contributed by atoms with Gasteiger partial charge in [0.15, 0.2) is 0 Å². The third-order valence-corrected chi connectivity index (χ3v) is 6.07. The summed E-state index contributed by atoms with van der Waals surface area (Å²) in [5.41, 5.74) is 5.30. The van der Waals surface area contributed by atoms with Gasteiger partial charge >= 0.3 is 0 Å². The Bertz CT molecular complexity index is 1180. The molecule has 3 nitrogen and oxygen atoms in total. The Morgan fingerprint density at radius 3 is 2.50 bits per heavy atom. The van der Waals surface area contributed by atoms with Gasteiger partial charge in [-0.1, -0.05) is 67.9 Å². The molecule has 0 saturated heterocycles. The third-order valence-electron chi connectivity index (χ3n) is 4.86. The summed E-state index contributed by atoms with van der Waals surface area (Å²) < 4.78 is 0. The number of anilines is 1. The summed E-state index contributed by atoms with van der Waals surface area (Å²) in [7, 11) is 0. The van der Waals surface area contributed by atoms with Crippen LogP contribution in [0.15, 0.2) is 78.2 Å². The maximum Gasteiger partial charge on any atom is 0.255 e. The average molecular weight is 433 g/mol. The molecular formula is C25H21ClN2OS. The first-order chi connectivity index (χ1) is 14.5. The second-order valence-corrected chi connectivity index (χ2v) is 8.59. The van der Waals surface area contributed by atoms with Crippen molar-refractivity contribution in [3.8, 4) is 21.8 Å². The zero-order chi connectivity index (χ0) is 21.1. The van der Waals surface area contributed by atoms with Gasteiger partial charge in [-0.05, 0) is 41.8 Å². The topological polar surface area (TPSA) is 42.0 Å². The van der Waals surface area contributed by atoms with Gasteiger partial charge in [0.1, 0.15) is 5.01 Å². The first-order valence-electron chi connectivity index (χ1n) is 9.73. The van der Waals surface area contributed by atoms with E-state index in [9.17, 15) is 4.79 Å². The van der Waals surface area contributed by atoms with Crippen molar-refractivity contribution in [1.29, 1.82) is 0 Å². The molecule has 1 heterocycles. The highest BCUT2D eigenvalue weighted by molar-refractivity contribution is 7.13. The van der Waals surface area contributed by atoms with Gasteiger partial charge in [0, 0.05) is 27.8 Å². The number of carbonyl (C=O) groups is 1. The Morgan fingerprint density at radius 1 is 1.00 bits per heavy atom. The molecule has 0 saturated carbocycles. The summed E-state index contributed by atoms with van der Waals surface area (Å²) in [6.45, 7) is 4.27. The van der Waals surface area contributed by atoms with Crippen LogP contribution in [0.2, 0.25) is 5.02 Å². The van der Waals surface area contributed by atoms with Crippen molar-refractivity contribution in [2.75, 3.05) is 5.32 Å². The minimum absolute atomic E-state index is 0.127. The van der Waals surface area contributed by atoms with Gasteiger partial charge in [0.05, 0.1) is 10.7 Å². The van der Waals surface area contributed by atoms with Crippen LogP contribution in [0.1, 0.15) is 35.7 Å². The van der Waals surface area contributed by atoms with Gasteiger partial charge in [0.25, 0.3) is 5.91 Å². The lowest BCUT2D eigenvalue weighted by atomic mass is 10.0. The third kappa shape index (κ3) is 4.45. The highest BCUT2D eigenvalue weighted by Gasteiger charge is 2.11. The Kier molecular flexibility index (Phi) is 5.98. The number of thiazole rings is 1. The smallest absolute Gasteiger partial charge is 0.255 e. The van der Waals surface area contributed by atoms with Crippen LogP contribution in [0, 0.1) is 0 Å². The zero-order valence-corrected chi connectivity index (χ0v) is 18.3. The molecule has 0 aliphatic carbocycles. The molecule has 3 aromatic carbocycles. The minimum Gasteiger partial charge on any atom is -0.322 e. The summed E-state index contributed by atoms with van der Waals surface area (Å²) in [4.78, 5) is 17.4. The van der Waals surface area contributed by atoms with Crippen molar-refractivity contribution in [1.82, 2.24) is 4.98 Å². The Morgan fingerprint density at radius 2 is 1.77 bits per heavy atom. The second-order valence-electron chi connectivity index (χ2n) is 7.33. The van der Waals surface area contributed by atoms with Gasteiger partial charge in [-0.15, -0.1) is 11.3 Å². The number of rotatable bonds is 5. The molecule has 5 heteroatoms. The molecule has 1 aromatic heterocycles. The fraction of sp³-hybridized carbons (Fsp3) is 0.120. The molecule has 0 bridgehead atoms. The SMILES string of the molecule is CC(C)c1ccc(C(=O)Nc2cccc(-c3csc(-c4ccccc4Cl)n3)c2)cc1. The molecule has 0 atom stereocenters. The van der Waals surface area contributed by atoms with E-state index in [2.05, 4.69) is 19.2 Å². The number of aromatic nitrogens is 1. The molecule has 0 unspecified atom stereocenters. The highest BCUT2D eigenvalue weighted by atomic mass is 35.5. The zero-order valence-electron chi connectivity index (χ0n) is 16.7. The molecule has 0 aliphatic heterocycles. The monoisotopic (exact) mass is 432 g/mol. The molecule has 0 aliphatic rings. The van der Waals surface area contributed by atoms with Gasteiger partial charge in [-0.2, -0.15) is 0 Å². The number of amides is 1. The Balaban J connectivity index is 1.53. The molecule has 4 rings (SSSR count). The lowest BCUT2D eigenvalue weighted by Crippen LogP contribution is -2.11. The van der Waals surface area contributed by atoms with Crippen LogP contribution in [0.5, 0.6) is 0 Å². The van der Waals surface area contributed by atoms with Gasteiger partial charge in [0.2, 0.25) is 0 Å². The quantitative estimate of drug-likeness (QED) is 0.354. The van der Waals surface area contributed by atoms with Crippen molar-refractivity contribution >= 4 is 34.5 Å². The fourth-order valence-corrected chi connectivity index (χ4v) is 4.29. The number of hydrogen-bond donors (Lipinski definition) is 1. The number of nitrogens with one attached hydrogen (secondary N) is 1. The second kappa shape index (κ2) is 8.82. The normalized spacial score (nSPS) is 10.9. The molecule has 1 amide bonds. The summed E-state index contributed by atoms with van der Waals surface area (Å²) in [6.07, 6.45) is 0. The van der Waals surface area contributed by atoms with E-state index in [1.54, 1.807) is 11.3 Å². The lowest BCUT2D eigenvalue weighted by molar-refractivity contribution is 0.102. The standard InChI is InChI=1S/C25H21ClN2OS/c1-16(2)17-10-12-18(13-11-17)24(29)27-20-7-5-6-19(14-20)23-15-30-25(28-23)21-8-3-4-9-22(21)26/h3-16H,1-2H3,(H,27,29). The van der Waals surface area contributed by atoms with Gasteiger partial charge in [-0.3, -0.25) is 4.79 Å². The number of hydrogen-bond acceptors (Lipinski definition) is 3. The molecule has 0 spiro atoms. The lowest BCUT2D eigenvalue weighted by Gasteiger charge is -2.09. The largest absolute Gasteiger partial charge is 0.322 e. The number of nitrogens with zero attached hydrogens (tertiary/aromatic N) is 1. The van der Waals surface area contributed by atoms with Crippen LogP contribution in [-0.2, 0) is 0 Å². The Hall–Kier alpha value is -2.95. The van der Waals surface area contributed by atoms with Crippen molar-refractivity contribution in [2.45, 2.75) is 19.8 Å². The molecule has 30 heavy (non-hydrogen) atoms. The van der Waals surface area contributed by atoms with Crippen LogP contribution in [0.4, 0.5) is 5.69 Å². The van der Waals surface area contributed by atoms with Gasteiger partial charge in [-0.25, -0.2) is 4.98 Å². The minimum atomic E-state index is -0.127. The van der Waals surface area contributed by atoms with Crippen molar-refractivity contribution in [3.63, 3.8) is 0 Å². The van der Waals surface area contributed by atoms with Crippen molar-refractivity contribution < 1.29 is 4.79 Å². The van der Waals surface area contributed by atoms with E-state index >= 15 is 0 Å². The van der Waals surface area contributed by atoms with Crippen molar-refractivity contribution in [3.05, 3.63) is 94.3 Å². The van der Waals surface area contributed by atoms with Crippen LogP contribution >= 0.6 is 22.9 Å². The summed E-state index contributed by atoms with van der Waals surface area (Å²) >= 11 is 7.85. The van der Waals surface area contributed by atoms with Crippen LogP contribution in [-0.4, -0.2) is 10.9 Å². The molecule has 4 aromatic rings. The van der Waals surface area contributed by atoms with Crippen molar-refractivity contribution in [2.24, 2.45) is 0 Å². The predicted octanol–water partition coefficient (Wildman–Crippen LogP) is 7.51. The van der Waals surface area contributed by atoms with Crippen LogP contribution in [0.25, 0.3) is 21.8 Å². The van der Waals surface area contributed by atoms with Crippen LogP contribution in [0.3, 0.4) is 0 Å². The molecular weight excluding hydrogens is 412 g/mol. The maximum absolute atomic E-state index is 12.6. The summed E-state index contributed by atoms with van der Waals surface area (Å²) in [6, 6.07) is 23.1. The van der Waals surface area contributed by atoms with E-state index in [1.165, 1.54) is 5.56 Å². The maximum atomic E-state index is 12.6. The van der Waals surface area contributed by atoms with E-state index in [-0.39, 0.29) is 5.91 Å². The van der Waals surface area contributed by atoms with Gasteiger partial charge < -0.3 is 5.32 Å². The molecule has 150 valence electrons. The number of halogens is 1. The number of benzene rings is 3. The van der Waals surface area contributed by atoms with E-state index in [4.69, 9.17) is 16.6 Å².